The van der Waals surface area contributed by atoms with E-state index < -0.39 is 0 Å². The highest BCUT2D eigenvalue weighted by atomic mass is 35.5. The van der Waals surface area contributed by atoms with E-state index in [1.807, 2.05) is 62.3 Å². The minimum Gasteiger partial charge on any atom is -0.497 e. The molecule has 0 saturated heterocycles. The molecule has 3 rings (SSSR count). The number of rotatable bonds is 10. The molecule has 0 fully saturated rings. The Morgan fingerprint density at radius 2 is 1.94 bits per heavy atom. The van der Waals surface area contributed by atoms with Crippen molar-refractivity contribution < 1.29 is 9.53 Å². The first-order valence-corrected chi connectivity index (χ1v) is 12.3. The second kappa shape index (κ2) is 11.2. The number of thiazole rings is 1. The van der Waals surface area contributed by atoms with Crippen molar-refractivity contribution >= 4 is 56.0 Å². The van der Waals surface area contributed by atoms with Gasteiger partial charge in [0.1, 0.15) is 5.75 Å². The third-order valence-electron chi connectivity index (χ3n) is 4.80. The van der Waals surface area contributed by atoms with Crippen LogP contribution in [0.3, 0.4) is 0 Å². The molecule has 1 heterocycles. The summed E-state index contributed by atoms with van der Waals surface area (Å²) in [6.07, 6.45) is 1.30. The van der Waals surface area contributed by atoms with Gasteiger partial charge in [-0.3, -0.25) is 9.69 Å². The highest BCUT2D eigenvalue weighted by Crippen LogP contribution is 2.33. The van der Waals surface area contributed by atoms with Crippen LogP contribution in [0.1, 0.15) is 18.4 Å². The van der Waals surface area contributed by atoms with Crippen LogP contribution in [0, 0.1) is 6.92 Å². The van der Waals surface area contributed by atoms with Gasteiger partial charge in [0, 0.05) is 29.4 Å². The van der Waals surface area contributed by atoms with Crippen molar-refractivity contribution in [2.45, 2.75) is 24.7 Å². The molecule has 1 amide bonds. The first-order chi connectivity index (χ1) is 14.9. The summed E-state index contributed by atoms with van der Waals surface area (Å²) < 4.78 is 6.21. The summed E-state index contributed by atoms with van der Waals surface area (Å²) in [6.45, 7) is 3.39. The zero-order valence-corrected chi connectivity index (χ0v) is 20.7. The van der Waals surface area contributed by atoms with Gasteiger partial charge in [-0.2, -0.15) is 0 Å². The summed E-state index contributed by atoms with van der Waals surface area (Å²) in [4.78, 5) is 23.0. The number of anilines is 1. The number of ether oxygens (including phenoxy) is 1. The van der Waals surface area contributed by atoms with Crippen LogP contribution < -0.4 is 9.64 Å². The molecule has 2 aromatic carbocycles. The molecule has 0 unspecified atom stereocenters. The lowest BCUT2D eigenvalue weighted by molar-refractivity contribution is -0.118. The zero-order valence-electron chi connectivity index (χ0n) is 18.4. The summed E-state index contributed by atoms with van der Waals surface area (Å²) in [7, 11) is 5.68. The van der Waals surface area contributed by atoms with Crippen LogP contribution in [0.4, 0.5) is 5.13 Å². The average molecular weight is 478 g/mol. The van der Waals surface area contributed by atoms with Gasteiger partial charge in [0.15, 0.2) is 5.13 Å². The molecule has 166 valence electrons. The molecule has 1 aromatic heterocycles. The normalized spacial score (nSPS) is 11.3. The monoisotopic (exact) mass is 477 g/mol. The SMILES string of the molecule is COc1ccc(SCCCC(=O)N(CCN(C)C)c2nc3c(C)cc(Cl)cc3s2)cc1. The molecule has 0 aliphatic rings. The minimum absolute atomic E-state index is 0.111. The lowest BCUT2D eigenvalue weighted by Gasteiger charge is -2.22. The average Bonchev–Trinajstić information content (AvgIpc) is 3.15. The summed E-state index contributed by atoms with van der Waals surface area (Å²) in [5, 5.41) is 1.44. The Bertz CT molecular complexity index is 1020. The van der Waals surface area contributed by atoms with Gasteiger partial charge in [0.25, 0.3) is 0 Å². The third-order valence-corrected chi connectivity index (χ3v) is 7.15. The lowest BCUT2D eigenvalue weighted by atomic mass is 10.2. The largest absolute Gasteiger partial charge is 0.497 e. The third kappa shape index (κ3) is 6.59. The number of halogens is 1. The fraction of sp³-hybridized carbons (Fsp3) is 0.391. The van der Waals surface area contributed by atoms with Gasteiger partial charge < -0.3 is 9.64 Å². The molecular formula is C23H28ClN3O2S2. The molecule has 0 atom stereocenters. The van der Waals surface area contributed by atoms with Gasteiger partial charge in [0.2, 0.25) is 5.91 Å². The fourth-order valence-electron chi connectivity index (χ4n) is 3.11. The van der Waals surface area contributed by atoms with Gasteiger partial charge in [-0.1, -0.05) is 22.9 Å². The van der Waals surface area contributed by atoms with E-state index in [0.717, 1.165) is 45.4 Å². The van der Waals surface area contributed by atoms with E-state index in [-0.39, 0.29) is 5.91 Å². The van der Waals surface area contributed by atoms with Crippen LogP contribution >= 0.6 is 34.7 Å². The molecule has 0 aliphatic heterocycles. The molecule has 31 heavy (non-hydrogen) atoms. The number of hydrogen-bond acceptors (Lipinski definition) is 6. The van der Waals surface area contributed by atoms with E-state index >= 15 is 0 Å². The number of amides is 1. The van der Waals surface area contributed by atoms with Crippen molar-refractivity contribution in [3.8, 4) is 5.75 Å². The maximum atomic E-state index is 13.1. The summed E-state index contributed by atoms with van der Waals surface area (Å²) in [5.74, 6) is 1.84. The van der Waals surface area contributed by atoms with Crippen molar-refractivity contribution in [1.29, 1.82) is 0 Å². The summed E-state index contributed by atoms with van der Waals surface area (Å²) in [6, 6.07) is 11.8. The highest BCUT2D eigenvalue weighted by molar-refractivity contribution is 7.99. The van der Waals surface area contributed by atoms with Crippen LogP contribution in [0.25, 0.3) is 10.2 Å². The van der Waals surface area contributed by atoms with Crippen molar-refractivity contribution in [3.63, 3.8) is 0 Å². The highest BCUT2D eigenvalue weighted by Gasteiger charge is 2.20. The zero-order chi connectivity index (χ0) is 22.4. The Morgan fingerprint density at radius 3 is 2.61 bits per heavy atom. The number of thioether (sulfide) groups is 1. The first-order valence-electron chi connectivity index (χ1n) is 10.2. The van der Waals surface area contributed by atoms with Gasteiger partial charge in [0.05, 0.1) is 17.3 Å². The second-order valence-corrected chi connectivity index (χ2v) is 10.2. The first kappa shape index (κ1) is 23.9. The summed E-state index contributed by atoms with van der Waals surface area (Å²) in [5.41, 5.74) is 1.95. The second-order valence-electron chi connectivity index (χ2n) is 7.54. The molecule has 3 aromatic rings. The molecule has 5 nitrogen and oxygen atoms in total. The van der Waals surface area contributed by atoms with Crippen LogP contribution in [0.5, 0.6) is 5.75 Å². The number of aryl methyl sites for hydroxylation is 1. The van der Waals surface area contributed by atoms with E-state index in [1.54, 1.807) is 18.9 Å². The van der Waals surface area contributed by atoms with E-state index in [0.29, 0.717) is 18.0 Å². The number of aromatic nitrogens is 1. The van der Waals surface area contributed by atoms with Crippen molar-refractivity contribution in [2.75, 3.05) is 44.9 Å². The van der Waals surface area contributed by atoms with Crippen LogP contribution in [-0.2, 0) is 4.79 Å². The van der Waals surface area contributed by atoms with Crippen LogP contribution in [0.2, 0.25) is 5.02 Å². The van der Waals surface area contributed by atoms with Gasteiger partial charge in [-0.05, 0) is 75.2 Å². The Labute approximate surface area is 197 Å². The molecule has 0 radical (unpaired) electrons. The molecule has 0 saturated carbocycles. The Kier molecular flexibility index (Phi) is 8.60. The van der Waals surface area contributed by atoms with E-state index in [2.05, 4.69) is 4.90 Å². The van der Waals surface area contributed by atoms with Gasteiger partial charge >= 0.3 is 0 Å². The smallest absolute Gasteiger partial charge is 0.228 e. The number of carbonyl (C=O) groups is 1. The van der Waals surface area contributed by atoms with Crippen LogP contribution in [0.15, 0.2) is 41.3 Å². The quantitative estimate of drug-likeness (QED) is 0.275. The number of benzene rings is 2. The predicted octanol–water partition coefficient (Wildman–Crippen LogP) is 5.73. The number of carbonyl (C=O) groups excluding carboxylic acids is 1. The molecular weight excluding hydrogens is 450 g/mol. The molecule has 0 spiro atoms. The Morgan fingerprint density at radius 1 is 1.19 bits per heavy atom. The number of hydrogen-bond donors (Lipinski definition) is 0. The molecule has 0 aliphatic carbocycles. The van der Waals surface area contributed by atoms with Gasteiger partial charge in [-0.25, -0.2) is 4.98 Å². The summed E-state index contributed by atoms with van der Waals surface area (Å²) >= 11 is 9.49. The van der Waals surface area contributed by atoms with Crippen molar-refractivity contribution in [2.24, 2.45) is 0 Å². The minimum atomic E-state index is 0.111. The number of likely N-dealkylation sites (N-methyl/N-ethyl adjacent to an activating group) is 1. The topological polar surface area (TPSA) is 45.7 Å². The Hall–Kier alpha value is -1.80. The van der Waals surface area contributed by atoms with Crippen molar-refractivity contribution in [1.82, 2.24) is 9.88 Å². The van der Waals surface area contributed by atoms with E-state index in [9.17, 15) is 4.79 Å². The molecule has 0 N–H and O–H groups in total. The maximum absolute atomic E-state index is 13.1. The maximum Gasteiger partial charge on any atom is 0.228 e. The lowest BCUT2D eigenvalue weighted by Crippen LogP contribution is -2.36. The van der Waals surface area contributed by atoms with E-state index in [1.165, 1.54) is 16.2 Å². The Balaban J connectivity index is 1.65. The van der Waals surface area contributed by atoms with Gasteiger partial charge in [-0.15, -0.1) is 11.8 Å². The standard InChI is InChI=1S/C23H28ClN3O2S2/c1-16-14-17(24)15-20-22(16)25-23(31-20)27(12-11-26(2)3)21(28)6-5-13-30-19-9-7-18(29-4)8-10-19/h7-10,14-15H,5-6,11-13H2,1-4H3. The van der Waals surface area contributed by atoms with E-state index in [4.69, 9.17) is 21.3 Å². The number of nitrogens with zero attached hydrogens (tertiary/aromatic N) is 3. The van der Waals surface area contributed by atoms with Crippen molar-refractivity contribution in [3.05, 3.63) is 47.0 Å². The predicted molar refractivity (Wildman–Crippen MR) is 133 cm³/mol. The molecule has 0 bridgehead atoms. The number of methoxy groups -OCH3 is 1. The van der Waals surface area contributed by atoms with Crippen LogP contribution in [-0.4, -0.2) is 55.8 Å². The fourth-order valence-corrected chi connectivity index (χ4v) is 5.42. The number of fused-ring (bicyclic) bond motifs is 1. The molecule has 8 heteroatoms.